The van der Waals surface area contributed by atoms with E-state index in [2.05, 4.69) is 64.9 Å². The molecule has 40 heavy (non-hydrogen) atoms. The summed E-state index contributed by atoms with van der Waals surface area (Å²) >= 11 is 9.60. The molecule has 2 heterocycles. The van der Waals surface area contributed by atoms with Crippen LogP contribution in [0.1, 0.15) is 61.1 Å². The zero-order valence-corrected chi connectivity index (χ0v) is 27.5. The fourth-order valence-corrected chi connectivity index (χ4v) is 5.49. The lowest BCUT2D eigenvalue weighted by atomic mass is 10.0. The van der Waals surface area contributed by atoms with Crippen LogP contribution in [0.5, 0.6) is 5.88 Å². The Balaban J connectivity index is 1.82. The molecule has 0 bridgehead atoms. The van der Waals surface area contributed by atoms with Crippen LogP contribution in [0, 0.1) is 12.7 Å². The van der Waals surface area contributed by atoms with E-state index in [0.717, 1.165) is 11.4 Å². The number of nitrogens with zero attached hydrogens (tertiary/aromatic N) is 5. The molecule has 2 aromatic heterocycles. The number of hydrogen-bond acceptors (Lipinski definition) is 7. The van der Waals surface area contributed by atoms with Crippen molar-refractivity contribution in [2.75, 3.05) is 19.4 Å². The first-order valence-electron chi connectivity index (χ1n) is 12.9. The molecule has 0 aliphatic carbocycles. The molecule has 1 unspecified atom stereocenters. The van der Waals surface area contributed by atoms with Crippen molar-refractivity contribution in [3.8, 4) is 5.88 Å². The highest BCUT2D eigenvalue weighted by molar-refractivity contribution is 9.10. The van der Waals surface area contributed by atoms with Crippen LogP contribution in [-0.2, 0) is 17.5 Å². The highest BCUT2D eigenvalue weighted by atomic mass is 79.9. The lowest BCUT2D eigenvalue weighted by Gasteiger charge is -2.36. The quantitative estimate of drug-likeness (QED) is 0.247. The third-order valence-electron chi connectivity index (χ3n) is 7.10. The van der Waals surface area contributed by atoms with Gasteiger partial charge >= 0.3 is 0 Å². The fraction of sp³-hybridized carbons (Fsp3) is 0.481. The standard InChI is InChI=1S/C27H37BrClFN6O3Si/c1-16-13-18(36(34-16)11-12-38-40(7,8)27(3,4)5)15-35(6)26(37)19-9-10-20(30)23(29)22(19)17(2)39-25-24(31)32-14-21(28)33-25/h9-10,13-14,17H,11-12,15H2,1-8H3,(H2,31,32). The summed E-state index contributed by atoms with van der Waals surface area (Å²) in [5.74, 6) is -0.944. The summed E-state index contributed by atoms with van der Waals surface area (Å²) in [6.45, 7) is 15.9. The highest BCUT2D eigenvalue weighted by Gasteiger charge is 2.37. The number of halogens is 3. The van der Waals surface area contributed by atoms with Crippen molar-refractivity contribution in [1.82, 2.24) is 24.6 Å². The van der Waals surface area contributed by atoms with E-state index in [9.17, 15) is 9.18 Å². The van der Waals surface area contributed by atoms with Crippen LogP contribution < -0.4 is 10.5 Å². The molecule has 13 heteroatoms. The molecule has 0 saturated carbocycles. The van der Waals surface area contributed by atoms with Gasteiger partial charge in [0.15, 0.2) is 14.1 Å². The molecule has 0 aliphatic heterocycles. The second-order valence-electron chi connectivity index (χ2n) is 11.2. The number of nitrogens with two attached hydrogens (primary N) is 1. The van der Waals surface area contributed by atoms with Gasteiger partial charge in [0.05, 0.1) is 42.3 Å². The van der Waals surface area contributed by atoms with Crippen molar-refractivity contribution in [2.45, 2.75) is 71.9 Å². The topological polar surface area (TPSA) is 108 Å². The maximum atomic E-state index is 14.6. The number of amides is 1. The summed E-state index contributed by atoms with van der Waals surface area (Å²) in [6, 6.07) is 4.51. The monoisotopic (exact) mass is 654 g/mol. The number of carbonyl (C=O) groups is 1. The first-order valence-corrected chi connectivity index (χ1v) is 16.9. The normalized spacial score (nSPS) is 12.9. The van der Waals surface area contributed by atoms with Gasteiger partial charge in [0.1, 0.15) is 16.5 Å². The average molecular weight is 656 g/mol. The van der Waals surface area contributed by atoms with E-state index in [1.165, 1.54) is 23.2 Å². The minimum atomic E-state index is -1.91. The minimum absolute atomic E-state index is 0.0354. The van der Waals surface area contributed by atoms with Crippen molar-refractivity contribution in [1.29, 1.82) is 0 Å². The molecule has 1 amide bonds. The smallest absolute Gasteiger partial charge is 0.258 e. The Bertz CT molecular complexity index is 1380. The van der Waals surface area contributed by atoms with E-state index >= 15 is 0 Å². The molecule has 1 aromatic carbocycles. The molecule has 9 nitrogen and oxygen atoms in total. The Labute approximate surface area is 249 Å². The van der Waals surface area contributed by atoms with Crippen LogP contribution in [0.2, 0.25) is 23.2 Å². The summed E-state index contributed by atoms with van der Waals surface area (Å²) in [5.41, 5.74) is 7.97. The van der Waals surface area contributed by atoms with Crippen LogP contribution in [-0.4, -0.2) is 52.5 Å². The number of benzene rings is 1. The molecule has 0 radical (unpaired) electrons. The average Bonchev–Trinajstić information content (AvgIpc) is 3.20. The van der Waals surface area contributed by atoms with Gasteiger partial charge in [0.2, 0.25) is 0 Å². The van der Waals surface area contributed by atoms with Crippen molar-refractivity contribution in [2.24, 2.45) is 0 Å². The number of ether oxygens (including phenoxy) is 1. The van der Waals surface area contributed by atoms with Gasteiger partial charge in [0.25, 0.3) is 11.8 Å². The summed E-state index contributed by atoms with van der Waals surface area (Å²) in [4.78, 5) is 23.4. The van der Waals surface area contributed by atoms with E-state index in [-0.39, 0.29) is 45.3 Å². The number of anilines is 1. The van der Waals surface area contributed by atoms with Gasteiger partial charge in [0, 0.05) is 18.2 Å². The highest BCUT2D eigenvalue weighted by Crippen LogP contribution is 2.37. The van der Waals surface area contributed by atoms with Crippen molar-refractivity contribution in [3.05, 3.63) is 62.4 Å². The first-order chi connectivity index (χ1) is 18.5. The maximum Gasteiger partial charge on any atom is 0.258 e. The molecule has 218 valence electrons. The van der Waals surface area contributed by atoms with Crippen LogP contribution >= 0.6 is 27.5 Å². The summed E-state index contributed by atoms with van der Waals surface area (Å²) in [7, 11) is -0.233. The molecule has 0 spiro atoms. The fourth-order valence-electron chi connectivity index (χ4n) is 3.87. The lowest BCUT2D eigenvalue weighted by Crippen LogP contribution is -2.41. The van der Waals surface area contributed by atoms with Crippen LogP contribution in [0.25, 0.3) is 0 Å². The zero-order valence-electron chi connectivity index (χ0n) is 24.2. The first kappa shape index (κ1) is 32.0. The molecule has 2 N–H and O–H groups in total. The van der Waals surface area contributed by atoms with Gasteiger partial charge < -0.3 is 19.8 Å². The number of rotatable bonds is 10. The third kappa shape index (κ3) is 7.39. The number of aromatic nitrogens is 4. The van der Waals surface area contributed by atoms with Gasteiger partial charge in [-0.25, -0.2) is 14.4 Å². The van der Waals surface area contributed by atoms with Gasteiger partial charge in [-0.3, -0.25) is 9.48 Å². The summed E-state index contributed by atoms with van der Waals surface area (Å²) < 4.78 is 29.0. The van der Waals surface area contributed by atoms with E-state index in [4.69, 9.17) is 26.5 Å². The molecule has 0 saturated heterocycles. The molecular formula is C27H37BrClFN6O3Si. The van der Waals surface area contributed by atoms with E-state index < -0.39 is 20.2 Å². The third-order valence-corrected chi connectivity index (χ3v) is 12.4. The van der Waals surface area contributed by atoms with Crippen molar-refractivity contribution >= 4 is 47.6 Å². The Hall–Kier alpha value is -2.54. The number of nitrogen functional groups attached to an aromatic ring is 1. The van der Waals surface area contributed by atoms with Crippen LogP contribution in [0.15, 0.2) is 29.0 Å². The van der Waals surface area contributed by atoms with Crippen molar-refractivity contribution < 1.29 is 18.3 Å². The lowest BCUT2D eigenvalue weighted by molar-refractivity contribution is 0.0776. The van der Waals surface area contributed by atoms with Gasteiger partial charge in [-0.1, -0.05) is 32.4 Å². The van der Waals surface area contributed by atoms with Crippen LogP contribution in [0.4, 0.5) is 10.2 Å². The number of carbonyl (C=O) groups excluding carboxylic acids is 1. The number of aryl methyl sites for hydroxylation is 1. The Morgan fingerprint density at radius 3 is 2.65 bits per heavy atom. The molecular weight excluding hydrogens is 619 g/mol. The summed E-state index contributed by atoms with van der Waals surface area (Å²) in [6.07, 6.45) is 0.569. The van der Waals surface area contributed by atoms with Gasteiger partial charge in [-0.15, -0.1) is 0 Å². The van der Waals surface area contributed by atoms with Gasteiger partial charge in [-0.05, 0) is 66.1 Å². The predicted molar refractivity (Wildman–Crippen MR) is 161 cm³/mol. The molecule has 3 aromatic rings. The Morgan fingerprint density at radius 1 is 1.32 bits per heavy atom. The molecule has 1 atom stereocenters. The van der Waals surface area contributed by atoms with Gasteiger partial charge in [-0.2, -0.15) is 5.10 Å². The SMILES string of the molecule is Cc1cc(CN(C)C(=O)c2ccc(F)c(Cl)c2C(C)Oc2nc(Br)cnc2N)n(CCO[Si](C)(C)C(C)(C)C)n1. The number of hydrogen-bond donors (Lipinski definition) is 1. The second kappa shape index (κ2) is 12.5. The van der Waals surface area contributed by atoms with Crippen molar-refractivity contribution in [3.63, 3.8) is 0 Å². The Kier molecular flexibility index (Phi) is 10.0. The molecule has 0 fully saturated rings. The minimum Gasteiger partial charge on any atom is -0.467 e. The van der Waals surface area contributed by atoms with E-state index in [1.807, 2.05) is 17.7 Å². The summed E-state index contributed by atoms with van der Waals surface area (Å²) in [5, 5.41) is 4.50. The molecule has 0 aliphatic rings. The van der Waals surface area contributed by atoms with E-state index in [0.29, 0.717) is 17.8 Å². The van der Waals surface area contributed by atoms with Crippen LogP contribution in [0.3, 0.4) is 0 Å². The maximum absolute atomic E-state index is 14.6. The largest absolute Gasteiger partial charge is 0.467 e. The molecule has 3 rings (SSSR count). The predicted octanol–water partition coefficient (Wildman–Crippen LogP) is 6.55. The second-order valence-corrected chi connectivity index (χ2v) is 17.2. The van der Waals surface area contributed by atoms with E-state index in [1.54, 1.807) is 14.0 Å². The Morgan fingerprint density at radius 2 is 2.00 bits per heavy atom. The zero-order chi connectivity index (χ0) is 30.0.